The highest BCUT2D eigenvalue weighted by Crippen LogP contribution is 2.32. The number of aromatic amines is 1. The zero-order valence-corrected chi connectivity index (χ0v) is 14.2. The van der Waals surface area contributed by atoms with Crippen molar-refractivity contribution in [2.24, 2.45) is 5.92 Å². The standard InChI is InChI=1S/C15H18BrFN4O2/c1-8(9-2-4-18-5-3-9)19-12-7-10(6-11(17)13(12)16)14-20-21-15(22)23-14/h6-9,18-19H,2-5H2,1H3,(H,21,22). The second kappa shape index (κ2) is 6.84. The minimum Gasteiger partial charge on any atom is -0.388 e. The van der Waals surface area contributed by atoms with Crippen molar-refractivity contribution >= 4 is 21.6 Å². The molecular weight excluding hydrogens is 367 g/mol. The van der Waals surface area contributed by atoms with Gasteiger partial charge in [0.2, 0.25) is 5.89 Å². The summed E-state index contributed by atoms with van der Waals surface area (Å²) in [5.41, 5.74) is 1.03. The predicted molar refractivity (Wildman–Crippen MR) is 88.9 cm³/mol. The maximum Gasteiger partial charge on any atom is 0.434 e. The van der Waals surface area contributed by atoms with Crippen molar-refractivity contribution in [2.45, 2.75) is 25.8 Å². The van der Waals surface area contributed by atoms with E-state index in [2.05, 4.69) is 43.7 Å². The Morgan fingerprint density at radius 2 is 2.17 bits per heavy atom. The molecule has 1 saturated heterocycles. The molecule has 6 nitrogen and oxygen atoms in total. The SMILES string of the molecule is CC(Nc1cc(-c2n[nH]c(=O)o2)cc(F)c1Br)C1CCNCC1. The lowest BCUT2D eigenvalue weighted by Gasteiger charge is -2.30. The van der Waals surface area contributed by atoms with Crippen LogP contribution in [-0.2, 0) is 0 Å². The Bertz CT molecular complexity index is 739. The molecule has 0 radical (unpaired) electrons. The number of halogens is 2. The lowest BCUT2D eigenvalue weighted by Crippen LogP contribution is -2.36. The van der Waals surface area contributed by atoms with Gasteiger partial charge in [0.15, 0.2) is 0 Å². The van der Waals surface area contributed by atoms with Crippen molar-refractivity contribution in [3.63, 3.8) is 0 Å². The van der Waals surface area contributed by atoms with Crippen LogP contribution in [0.5, 0.6) is 0 Å². The first-order chi connectivity index (χ1) is 11.0. The minimum atomic E-state index is -0.666. The van der Waals surface area contributed by atoms with E-state index in [9.17, 15) is 9.18 Å². The van der Waals surface area contributed by atoms with Gasteiger partial charge >= 0.3 is 5.76 Å². The molecule has 0 bridgehead atoms. The van der Waals surface area contributed by atoms with Gasteiger partial charge < -0.3 is 15.1 Å². The van der Waals surface area contributed by atoms with E-state index >= 15 is 0 Å². The number of nitrogens with zero attached hydrogens (tertiary/aromatic N) is 1. The Morgan fingerprint density at radius 3 is 2.83 bits per heavy atom. The summed E-state index contributed by atoms with van der Waals surface area (Å²) in [6.45, 7) is 4.11. The lowest BCUT2D eigenvalue weighted by molar-refractivity contribution is 0.343. The van der Waals surface area contributed by atoms with Crippen LogP contribution >= 0.6 is 15.9 Å². The number of hydrogen-bond acceptors (Lipinski definition) is 5. The van der Waals surface area contributed by atoms with E-state index in [1.807, 2.05) is 0 Å². The number of anilines is 1. The number of hydrogen-bond donors (Lipinski definition) is 3. The summed E-state index contributed by atoms with van der Waals surface area (Å²) in [5.74, 6) is -0.508. The number of piperidine rings is 1. The molecule has 1 aromatic heterocycles. The van der Waals surface area contributed by atoms with Crippen molar-refractivity contribution in [1.29, 1.82) is 0 Å². The molecule has 1 aliphatic rings. The summed E-state index contributed by atoms with van der Waals surface area (Å²) >= 11 is 3.27. The van der Waals surface area contributed by atoms with E-state index in [1.165, 1.54) is 6.07 Å². The zero-order valence-electron chi connectivity index (χ0n) is 12.7. The smallest absolute Gasteiger partial charge is 0.388 e. The summed E-state index contributed by atoms with van der Waals surface area (Å²) < 4.78 is 19.4. The molecule has 1 fully saturated rings. The molecule has 2 heterocycles. The average molecular weight is 385 g/mol. The van der Waals surface area contributed by atoms with Gasteiger partial charge in [0.1, 0.15) is 5.82 Å². The fourth-order valence-electron chi connectivity index (χ4n) is 2.88. The van der Waals surface area contributed by atoms with Crippen molar-refractivity contribution in [1.82, 2.24) is 15.5 Å². The number of rotatable bonds is 4. The molecule has 3 rings (SSSR count). The number of nitrogens with one attached hydrogen (secondary N) is 3. The molecule has 3 N–H and O–H groups in total. The van der Waals surface area contributed by atoms with Crippen LogP contribution in [0.3, 0.4) is 0 Å². The molecule has 0 aliphatic carbocycles. The third-order valence-corrected chi connectivity index (χ3v) is 4.99. The molecule has 1 atom stereocenters. The second-order valence-electron chi connectivity index (χ2n) is 5.76. The number of benzene rings is 1. The molecule has 1 aromatic carbocycles. The summed E-state index contributed by atoms with van der Waals surface area (Å²) in [4.78, 5) is 11.1. The fraction of sp³-hybridized carbons (Fsp3) is 0.467. The molecule has 0 saturated carbocycles. The van der Waals surface area contributed by atoms with Crippen LogP contribution in [0, 0.1) is 11.7 Å². The topological polar surface area (TPSA) is 83.0 Å². The van der Waals surface area contributed by atoms with Crippen LogP contribution < -0.4 is 16.4 Å². The molecular formula is C15H18BrFN4O2. The maximum atomic E-state index is 14.2. The third-order valence-electron chi connectivity index (χ3n) is 4.19. The van der Waals surface area contributed by atoms with E-state index < -0.39 is 11.6 Å². The van der Waals surface area contributed by atoms with E-state index in [0.717, 1.165) is 25.9 Å². The molecule has 2 aromatic rings. The van der Waals surface area contributed by atoms with Crippen LogP contribution in [0.1, 0.15) is 19.8 Å². The van der Waals surface area contributed by atoms with Crippen LogP contribution in [0.4, 0.5) is 10.1 Å². The van der Waals surface area contributed by atoms with E-state index in [4.69, 9.17) is 4.42 Å². The summed E-state index contributed by atoms with van der Waals surface area (Å²) in [7, 11) is 0. The van der Waals surface area contributed by atoms with Gasteiger partial charge in [-0.05, 0) is 66.8 Å². The van der Waals surface area contributed by atoms with Gasteiger partial charge in [-0.25, -0.2) is 14.3 Å². The van der Waals surface area contributed by atoms with E-state index in [-0.39, 0.29) is 11.9 Å². The van der Waals surface area contributed by atoms with Crippen LogP contribution in [0.25, 0.3) is 11.5 Å². The van der Waals surface area contributed by atoms with Gasteiger partial charge in [0, 0.05) is 11.6 Å². The van der Waals surface area contributed by atoms with Crippen molar-refractivity contribution in [3.8, 4) is 11.5 Å². The molecule has 0 spiro atoms. The lowest BCUT2D eigenvalue weighted by atomic mass is 9.91. The molecule has 0 amide bonds. The molecule has 23 heavy (non-hydrogen) atoms. The Hall–Kier alpha value is -1.67. The highest BCUT2D eigenvalue weighted by molar-refractivity contribution is 9.10. The van der Waals surface area contributed by atoms with Gasteiger partial charge in [0.05, 0.1) is 10.2 Å². The van der Waals surface area contributed by atoms with Gasteiger partial charge in [-0.15, -0.1) is 5.10 Å². The normalized spacial score (nSPS) is 17.2. The van der Waals surface area contributed by atoms with Gasteiger partial charge in [-0.3, -0.25) is 0 Å². The minimum absolute atomic E-state index is 0.0685. The first kappa shape index (κ1) is 16.2. The van der Waals surface area contributed by atoms with E-state index in [1.54, 1.807) is 6.07 Å². The van der Waals surface area contributed by atoms with Gasteiger partial charge in [-0.1, -0.05) is 0 Å². The van der Waals surface area contributed by atoms with Crippen LogP contribution in [-0.4, -0.2) is 29.3 Å². The van der Waals surface area contributed by atoms with E-state index in [0.29, 0.717) is 21.6 Å². The Morgan fingerprint density at radius 1 is 1.43 bits per heavy atom. The van der Waals surface area contributed by atoms with Crippen LogP contribution in [0.15, 0.2) is 25.8 Å². The van der Waals surface area contributed by atoms with Crippen LogP contribution in [0.2, 0.25) is 0 Å². The summed E-state index contributed by atoms with van der Waals surface area (Å²) in [5, 5.41) is 12.6. The quantitative estimate of drug-likeness (QED) is 0.754. The Kier molecular flexibility index (Phi) is 4.82. The van der Waals surface area contributed by atoms with Crippen molar-refractivity contribution in [2.75, 3.05) is 18.4 Å². The largest absolute Gasteiger partial charge is 0.434 e. The van der Waals surface area contributed by atoms with Gasteiger partial charge in [0.25, 0.3) is 0 Å². The fourth-order valence-corrected chi connectivity index (χ4v) is 3.22. The van der Waals surface area contributed by atoms with Crippen molar-refractivity contribution in [3.05, 3.63) is 33.0 Å². The number of H-pyrrole nitrogens is 1. The second-order valence-corrected chi connectivity index (χ2v) is 6.55. The summed E-state index contributed by atoms with van der Waals surface area (Å²) in [6.07, 6.45) is 2.17. The monoisotopic (exact) mass is 384 g/mol. The van der Waals surface area contributed by atoms with Gasteiger partial charge in [-0.2, -0.15) is 0 Å². The molecule has 8 heteroatoms. The number of aromatic nitrogens is 2. The predicted octanol–water partition coefficient (Wildman–Crippen LogP) is 2.73. The molecule has 1 aliphatic heterocycles. The maximum absolute atomic E-state index is 14.2. The highest BCUT2D eigenvalue weighted by Gasteiger charge is 2.21. The first-order valence-electron chi connectivity index (χ1n) is 7.57. The molecule has 1 unspecified atom stereocenters. The Labute approximate surface area is 141 Å². The third kappa shape index (κ3) is 3.64. The summed E-state index contributed by atoms with van der Waals surface area (Å²) in [6, 6.07) is 3.21. The molecule has 124 valence electrons. The zero-order chi connectivity index (χ0) is 16.4. The first-order valence-corrected chi connectivity index (χ1v) is 8.36. The average Bonchev–Trinajstić information content (AvgIpc) is 2.99. The van der Waals surface area contributed by atoms with Crippen molar-refractivity contribution < 1.29 is 8.81 Å². The highest BCUT2D eigenvalue weighted by atomic mass is 79.9. The Balaban J connectivity index is 1.85.